The van der Waals surface area contributed by atoms with E-state index >= 15 is 0 Å². The molecule has 0 amide bonds. The summed E-state index contributed by atoms with van der Waals surface area (Å²) in [5.41, 5.74) is 1.68. The minimum absolute atomic E-state index is 0.00504. The first-order valence-electron chi connectivity index (χ1n) is 6.96. The van der Waals surface area contributed by atoms with E-state index < -0.39 is 16.0 Å². The number of hydrogen-bond donors (Lipinski definition) is 1. The van der Waals surface area contributed by atoms with Gasteiger partial charge in [-0.15, -0.1) is 0 Å². The molecule has 0 spiro atoms. The first-order chi connectivity index (χ1) is 10.7. The number of carboxylic acids is 1. The number of anilines is 1. The van der Waals surface area contributed by atoms with Crippen LogP contribution in [0.25, 0.3) is 0 Å². The number of hydrogen-bond acceptors (Lipinski definition) is 5. The fraction of sp³-hybridized carbons (Fsp3) is 0.333. The average Bonchev–Trinajstić information content (AvgIpc) is 2.83. The number of aliphatic carboxylic acids is 1. The summed E-state index contributed by atoms with van der Waals surface area (Å²) in [4.78, 5) is 10.7. The van der Waals surface area contributed by atoms with Crippen molar-refractivity contribution in [3.05, 3.63) is 41.3 Å². The maximum absolute atomic E-state index is 12.7. The van der Waals surface area contributed by atoms with Crippen molar-refractivity contribution in [3.63, 3.8) is 0 Å². The van der Waals surface area contributed by atoms with Crippen LogP contribution in [-0.4, -0.2) is 31.7 Å². The van der Waals surface area contributed by atoms with Gasteiger partial charge in [0.15, 0.2) is 5.76 Å². The quantitative estimate of drug-likeness (QED) is 0.866. The van der Waals surface area contributed by atoms with Crippen LogP contribution in [0.15, 0.2) is 33.7 Å². The van der Waals surface area contributed by atoms with E-state index in [-0.39, 0.29) is 11.3 Å². The molecule has 2 rings (SSSR count). The molecule has 0 saturated heterocycles. The molecule has 0 saturated carbocycles. The number of sulfonamides is 1. The summed E-state index contributed by atoms with van der Waals surface area (Å²) in [7, 11) is -2.29. The molecule has 0 fully saturated rings. The van der Waals surface area contributed by atoms with Crippen LogP contribution in [0.3, 0.4) is 0 Å². The normalized spacial score (nSPS) is 11.4. The van der Waals surface area contributed by atoms with Gasteiger partial charge in [-0.05, 0) is 38.0 Å². The molecular formula is C15H18N2O5S. The molecule has 124 valence electrons. The van der Waals surface area contributed by atoms with Crippen LogP contribution in [0.1, 0.15) is 23.4 Å². The highest BCUT2D eigenvalue weighted by Gasteiger charge is 2.26. The molecule has 1 heterocycles. The van der Waals surface area contributed by atoms with Crippen LogP contribution in [0.4, 0.5) is 5.69 Å². The predicted octanol–water partition coefficient (Wildman–Crippen LogP) is 2.13. The van der Waals surface area contributed by atoms with Crippen molar-refractivity contribution in [1.29, 1.82) is 0 Å². The second-order valence-electron chi connectivity index (χ2n) is 5.18. The van der Waals surface area contributed by atoms with Crippen molar-refractivity contribution in [2.24, 2.45) is 0 Å². The number of nitrogens with zero attached hydrogens (tertiary/aromatic N) is 2. The zero-order valence-corrected chi connectivity index (χ0v) is 13.9. The molecule has 1 N–H and O–H groups in total. The number of rotatable bonds is 6. The molecule has 2 aromatic rings. The second kappa shape index (κ2) is 6.41. The Morgan fingerprint density at radius 1 is 1.26 bits per heavy atom. The standard InChI is InChI=1S/C15H18N2O5S/c1-10-15(11(2)22-16-10)17(3)23(20,21)13-7-4-12(5-8-13)6-9-14(18)19/h4-5,7-8H,6,9H2,1-3H3,(H,18,19). The Labute approximate surface area is 134 Å². The summed E-state index contributed by atoms with van der Waals surface area (Å²) < 4.78 is 31.5. The van der Waals surface area contributed by atoms with Crippen molar-refractivity contribution < 1.29 is 22.8 Å². The number of benzene rings is 1. The lowest BCUT2D eigenvalue weighted by Gasteiger charge is -2.19. The number of carbonyl (C=O) groups is 1. The molecule has 0 radical (unpaired) electrons. The van der Waals surface area contributed by atoms with E-state index in [1.54, 1.807) is 26.0 Å². The lowest BCUT2D eigenvalue weighted by Crippen LogP contribution is -2.27. The second-order valence-corrected chi connectivity index (χ2v) is 7.15. The van der Waals surface area contributed by atoms with E-state index in [0.717, 1.165) is 9.87 Å². The first-order valence-corrected chi connectivity index (χ1v) is 8.40. The highest BCUT2D eigenvalue weighted by atomic mass is 32.2. The smallest absolute Gasteiger partial charge is 0.303 e. The van der Waals surface area contributed by atoms with Crippen molar-refractivity contribution in [1.82, 2.24) is 5.16 Å². The maximum Gasteiger partial charge on any atom is 0.303 e. The van der Waals surface area contributed by atoms with Crippen molar-refractivity contribution >= 4 is 21.7 Å². The molecular weight excluding hydrogens is 320 g/mol. The Bertz CT molecular complexity index is 789. The van der Waals surface area contributed by atoms with E-state index in [9.17, 15) is 13.2 Å². The Kier molecular flexibility index (Phi) is 4.74. The van der Waals surface area contributed by atoms with Gasteiger partial charge in [-0.25, -0.2) is 8.42 Å². The van der Waals surface area contributed by atoms with Crippen LogP contribution in [0.5, 0.6) is 0 Å². The van der Waals surface area contributed by atoms with Crippen molar-refractivity contribution in [3.8, 4) is 0 Å². The van der Waals surface area contributed by atoms with E-state index in [1.165, 1.54) is 19.2 Å². The van der Waals surface area contributed by atoms with Gasteiger partial charge in [-0.3, -0.25) is 9.10 Å². The third-order valence-electron chi connectivity index (χ3n) is 3.52. The number of carboxylic acid groups (broad SMARTS) is 1. The highest BCUT2D eigenvalue weighted by Crippen LogP contribution is 2.28. The van der Waals surface area contributed by atoms with E-state index in [1.807, 2.05) is 0 Å². The largest absolute Gasteiger partial charge is 0.481 e. The Hall–Kier alpha value is -2.35. The van der Waals surface area contributed by atoms with Gasteiger partial charge in [-0.2, -0.15) is 0 Å². The van der Waals surface area contributed by atoms with Gasteiger partial charge >= 0.3 is 5.97 Å². The van der Waals surface area contributed by atoms with Gasteiger partial charge in [0, 0.05) is 13.5 Å². The van der Waals surface area contributed by atoms with Crippen LogP contribution in [0.2, 0.25) is 0 Å². The number of aryl methyl sites for hydroxylation is 3. The summed E-state index contributed by atoms with van der Waals surface area (Å²) >= 11 is 0. The molecule has 0 unspecified atom stereocenters. The SMILES string of the molecule is Cc1noc(C)c1N(C)S(=O)(=O)c1ccc(CCC(=O)O)cc1. The molecule has 7 nitrogen and oxygen atoms in total. The topological polar surface area (TPSA) is 101 Å². The summed E-state index contributed by atoms with van der Waals surface area (Å²) in [5.74, 6) is -0.466. The molecule has 23 heavy (non-hydrogen) atoms. The van der Waals surface area contributed by atoms with Gasteiger partial charge < -0.3 is 9.63 Å². The minimum Gasteiger partial charge on any atom is -0.481 e. The molecule has 0 bridgehead atoms. The highest BCUT2D eigenvalue weighted by molar-refractivity contribution is 7.92. The molecule has 0 aliphatic carbocycles. The fourth-order valence-electron chi connectivity index (χ4n) is 2.29. The molecule has 8 heteroatoms. The molecule has 0 atom stereocenters. The van der Waals surface area contributed by atoms with Crippen LogP contribution in [-0.2, 0) is 21.2 Å². The summed E-state index contributed by atoms with van der Waals surface area (Å²) in [6, 6.07) is 6.19. The Balaban J connectivity index is 2.27. The molecule has 0 aliphatic heterocycles. The van der Waals surface area contributed by atoms with Gasteiger partial charge in [0.1, 0.15) is 11.4 Å². The average molecular weight is 338 g/mol. The fourth-order valence-corrected chi connectivity index (χ4v) is 3.58. The van der Waals surface area contributed by atoms with Crippen molar-refractivity contribution in [2.75, 3.05) is 11.4 Å². The first kappa shape index (κ1) is 17.0. The van der Waals surface area contributed by atoms with Gasteiger partial charge in [0.05, 0.1) is 4.90 Å². The van der Waals surface area contributed by atoms with Crippen LogP contribution < -0.4 is 4.31 Å². The Morgan fingerprint density at radius 3 is 2.35 bits per heavy atom. The molecule has 1 aromatic carbocycles. The third kappa shape index (κ3) is 3.53. The zero-order chi connectivity index (χ0) is 17.2. The van der Waals surface area contributed by atoms with E-state index in [4.69, 9.17) is 9.63 Å². The van der Waals surface area contributed by atoms with Crippen LogP contribution in [0, 0.1) is 13.8 Å². The van der Waals surface area contributed by atoms with E-state index in [0.29, 0.717) is 23.6 Å². The van der Waals surface area contributed by atoms with Gasteiger partial charge in [-0.1, -0.05) is 17.3 Å². The van der Waals surface area contributed by atoms with Crippen LogP contribution >= 0.6 is 0 Å². The van der Waals surface area contributed by atoms with E-state index in [2.05, 4.69) is 5.16 Å². The van der Waals surface area contributed by atoms with Gasteiger partial charge in [0.2, 0.25) is 0 Å². The van der Waals surface area contributed by atoms with Gasteiger partial charge in [0.25, 0.3) is 10.0 Å². The lowest BCUT2D eigenvalue weighted by atomic mass is 10.1. The monoisotopic (exact) mass is 338 g/mol. The predicted molar refractivity (Wildman–Crippen MR) is 84.0 cm³/mol. The number of aromatic nitrogens is 1. The Morgan fingerprint density at radius 2 is 1.87 bits per heavy atom. The summed E-state index contributed by atoms with van der Waals surface area (Å²) in [6.45, 7) is 3.32. The lowest BCUT2D eigenvalue weighted by molar-refractivity contribution is -0.136. The molecule has 1 aromatic heterocycles. The molecule has 0 aliphatic rings. The third-order valence-corrected chi connectivity index (χ3v) is 5.29. The summed E-state index contributed by atoms with van der Waals surface area (Å²) in [6.07, 6.45) is 0.362. The minimum atomic E-state index is -3.74. The summed E-state index contributed by atoms with van der Waals surface area (Å²) in [5, 5.41) is 12.4. The maximum atomic E-state index is 12.7. The zero-order valence-electron chi connectivity index (χ0n) is 13.1. The van der Waals surface area contributed by atoms with Crippen molar-refractivity contribution in [2.45, 2.75) is 31.6 Å².